The number of nitrogens with one attached hydrogen (secondary N) is 1. The Labute approximate surface area is 155 Å². The van der Waals surface area contributed by atoms with E-state index in [-0.39, 0.29) is 25.1 Å². The average molecular weight is 366 g/mol. The molecule has 3 aromatic rings. The first-order valence-electron chi connectivity index (χ1n) is 8.48. The maximum absolute atomic E-state index is 12.3. The summed E-state index contributed by atoms with van der Waals surface area (Å²) in [4.78, 5) is 16.3. The first kappa shape index (κ1) is 17.0. The lowest BCUT2D eigenvalue weighted by atomic mass is 10.1. The maximum atomic E-state index is 12.3. The van der Waals surface area contributed by atoms with Crippen molar-refractivity contribution in [3.05, 3.63) is 71.8 Å². The Hall–Kier alpha value is -3.39. The molecule has 0 bridgehead atoms. The Morgan fingerprint density at radius 3 is 2.85 bits per heavy atom. The standard InChI is InChI=1S/C19H18N4O4/c24-15(14-4-2-1-3-5-14)10-23-11-21-18(22-23)19(25)20-9-13-6-7-16-17(8-13)27-12-26-16/h1-8,11,15,24H,9-10,12H2,(H,20,25)/t15-/m0/s1. The molecule has 2 heterocycles. The molecule has 0 spiro atoms. The Kier molecular flexibility index (Phi) is 4.71. The summed E-state index contributed by atoms with van der Waals surface area (Å²) < 4.78 is 12.0. The van der Waals surface area contributed by atoms with Gasteiger partial charge in [-0.05, 0) is 23.3 Å². The van der Waals surface area contributed by atoms with Gasteiger partial charge in [-0.3, -0.25) is 4.79 Å². The molecule has 2 aromatic carbocycles. The number of ether oxygens (including phenoxy) is 2. The summed E-state index contributed by atoms with van der Waals surface area (Å²) in [7, 11) is 0. The molecule has 138 valence electrons. The second-order valence-corrected chi connectivity index (χ2v) is 6.09. The van der Waals surface area contributed by atoms with E-state index in [1.54, 1.807) is 0 Å². The molecule has 0 unspecified atom stereocenters. The van der Waals surface area contributed by atoms with Crippen molar-refractivity contribution in [2.75, 3.05) is 6.79 Å². The van der Waals surface area contributed by atoms with Crippen LogP contribution in [0.4, 0.5) is 0 Å². The second-order valence-electron chi connectivity index (χ2n) is 6.09. The molecule has 8 nitrogen and oxygen atoms in total. The van der Waals surface area contributed by atoms with E-state index in [4.69, 9.17) is 9.47 Å². The van der Waals surface area contributed by atoms with Crippen molar-refractivity contribution in [1.82, 2.24) is 20.1 Å². The number of nitrogens with zero attached hydrogens (tertiary/aromatic N) is 3. The van der Waals surface area contributed by atoms with Gasteiger partial charge in [-0.2, -0.15) is 0 Å². The van der Waals surface area contributed by atoms with Crippen LogP contribution in [0.1, 0.15) is 27.8 Å². The molecule has 1 aliphatic rings. The molecule has 1 atom stereocenters. The number of benzene rings is 2. The van der Waals surface area contributed by atoms with Crippen LogP contribution in [0.5, 0.6) is 11.5 Å². The molecule has 8 heteroatoms. The Morgan fingerprint density at radius 2 is 2.00 bits per heavy atom. The zero-order valence-corrected chi connectivity index (χ0v) is 14.4. The Bertz CT molecular complexity index is 942. The van der Waals surface area contributed by atoms with E-state index >= 15 is 0 Å². The SMILES string of the molecule is O=C(NCc1ccc2c(c1)OCO2)c1ncn(C[C@H](O)c2ccccc2)n1. The summed E-state index contributed by atoms with van der Waals surface area (Å²) in [5.41, 5.74) is 1.66. The zero-order valence-electron chi connectivity index (χ0n) is 14.4. The van der Waals surface area contributed by atoms with Gasteiger partial charge in [-0.1, -0.05) is 36.4 Å². The molecule has 0 radical (unpaired) electrons. The summed E-state index contributed by atoms with van der Waals surface area (Å²) in [6.07, 6.45) is 0.708. The summed E-state index contributed by atoms with van der Waals surface area (Å²) in [5, 5.41) is 17.1. The van der Waals surface area contributed by atoms with Crippen LogP contribution in [-0.2, 0) is 13.1 Å². The predicted octanol–water partition coefficient (Wildman–Crippen LogP) is 1.67. The predicted molar refractivity (Wildman–Crippen MR) is 95.2 cm³/mol. The minimum Gasteiger partial charge on any atom is -0.454 e. The highest BCUT2D eigenvalue weighted by atomic mass is 16.7. The van der Waals surface area contributed by atoms with Crippen LogP contribution in [0.2, 0.25) is 0 Å². The number of fused-ring (bicyclic) bond motifs is 1. The van der Waals surface area contributed by atoms with Crippen molar-refractivity contribution >= 4 is 5.91 Å². The molecule has 0 saturated carbocycles. The lowest BCUT2D eigenvalue weighted by Gasteiger charge is -2.10. The lowest BCUT2D eigenvalue weighted by molar-refractivity contribution is 0.0938. The number of carbonyl (C=O) groups is 1. The van der Waals surface area contributed by atoms with Crippen molar-refractivity contribution in [3.63, 3.8) is 0 Å². The zero-order chi connectivity index (χ0) is 18.6. The van der Waals surface area contributed by atoms with E-state index < -0.39 is 6.10 Å². The van der Waals surface area contributed by atoms with E-state index in [1.165, 1.54) is 11.0 Å². The third-order valence-electron chi connectivity index (χ3n) is 4.17. The van der Waals surface area contributed by atoms with Crippen molar-refractivity contribution in [2.45, 2.75) is 19.2 Å². The van der Waals surface area contributed by atoms with Crippen molar-refractivity contribution in [1.29, 1.82) is 0 Å². The van der Waals surface area contributed by atoms with E-state index in [0.29, 0.717) is 18.0 Å². The number of hydrogen-bond acceptors (Lipinski definition) is 6. The minimum absolute atomic E-state index is 0.0519. The molecular weight excluding hydrogens is 348 g/mol. The fraction of sp³-hybridized carbons (Fsp3) is 0.211. The third kappa shape index (κ3) is 3.90. The highest BCUT2D eigenvalue weighted by Gasteiger charge is 2.16. The van der Waals surface area contributed by atoms with Gasteiger partial charge in [-0.25, -0.2) is 9.67 Å². The van der Waals surface area contributed by atoms with Gasteiger partial charge < -0.3 is 19.9 Å². The number of carbonyl (C=O) groups excluding carboxylic acids is 1. The molecule has 4 rings (SSSR count). The molecule has 27 heavy (non-hydrogen) atoms. The topological polar surface area (TPSA) is 98.5 Å². The molecule has 1 aromatic heterocycles. The van der Waals surface area contributed by atoms with Crippen LogP contribution in [-0.4, -0.2) is 32.6 Å². The van der Waals surface area contributed by atoms with Crippen LogP contribution in [0.15, 0.2) is 54.9 Å². The fourth-order valence-electron chi connectivity index (χ4n) is 2.76. The van der Waals surface area contributed by atoms with Gasteiger partial charge in [0.15, 0.2) is 11.5 Å². The highest BCUT2D eigenvalue weighted by Crippen LogP contribution is 2.32. The summed E-state index contributed by atoms with van der Waals surface area (Å²) in [5.74, 6) is 1.03. The lowest BCUT2D eigenvalue weighted by Crippen LogP contribution is -2.24. The maximum Gasteiger partial charge on any atom is 0.291 e. The van der Waals surface area contributed by atoms with Gasteiger partial charge >= 0.3 is 0 Å². The number of amides is 1. The quantitative estimate of drug-likeness (QED) is 0.689. The fourth-order valence-corrected chi connectivity index (χ4v) is 2.76. The van der Waals surface area contributed by atoms with Gasteiger partial charge in [0, 0.05) is 6.54 Å². The molecule has 0 saturated heterocycles. The third-order valence-corrected chi connectivity index (χ3v) is 4.17. The summed E-state index contributed by atoms with van der Waals surface area (Å²) >= 11 is 0. The van der Waals surface area contributed by atoms with Crippen LogP contribution < -0.4 is 14.8 Å². The Morgan fingerprint density at radius 1 is 1.19 bits per heavy atom. The average Bonchev–Trinajstić information content (AvgIpc) is 3.35. The van der Waals surface area contributed by atoms with Crippen LogP contribution in [0, 0.1) is 0 Å². The molecule has 1 aliphatic heterocycles. The molecule has 0 aliphatic carbocycles. The number of aromatic nitrogens is 3. The number of aliphatic hydroxyl groups is 1. The smallest absolute Gasteiger partial charge is 0.291 e. The van der Waals surface area contributed by atoms with Gasteiger partial charge in [0.05, 0.1) is 12.6 Å². The van der Waals surface area contributed by atoms with E-state index in [9.17, 15) is 9.90 Å². The van der Waals surface area contributed by atoms with Crippen molar-refractivity contribution in [2.24, 2.45) is 0 Å². The van der Waals surface area contributed by atoms with E-state index in [1.807, 2.05) is 48.5 Å². The first-order chi connectivity index (χ1) is 13.2. The number of aliphatic hydroxyl groups excluding tert-OH is 1. The summed E-state index contributed by atoms with van der Waals surface area (Å²) in [6, 6.07) is 14.8. The van der Waals surface area contributed by atoms with Gasteiger partial charge in [-0.15, -0.1) is 5.10 Å². The summed E-state index contributed by atoms with van der Waals surface area (Å²) in [6.45, 7) is 0.741. The van der Waals surface area contributed by atoms with Crippen molar-refractivity contribution < 1.29 is 19.4 Å². The number of hydrogen-bond donors (Lipinski definition) is 2. The largest absolute Gasteiger partial charge is 0.454 e. The highest BCUT2D eigenvalue weighted by molar-refractivity contribution is 5.90. The van der Waals surface area contributed by atoms with Crippen LogP contribution >= 0.6 is 0 Å². The molecule has 2 N–H and O–H groups in total. The van der Waals surface area contributed by atoms with Crippen LogP contribution in [0.3, 0.4) is 0 Å². The van der Waals surface area contributed by atoms with Gasteiger partial charge in [0.2, 0.25) is 12.6 Å². The normalized spacial score (nSPS) is 13.4. The molecular formula is C19H18N4O4. The second kappa shape index (κ2) is 7.46. The van der Waals surface area contributed by atoms with E-state index in [0.717, 1.165) is 11.1 Å². The van der Waals surface area contributed by atoms with Gasteiger partial charge in [0.25, 0.3) is 5.91 Å². The molecule has 0 fully saturated rings. The minimum atomic E-state index is -0.725. The van der Waals surface area contributed by atoms with E-state index in [2.05, 4.69) is 15.4 Å². The van der Waals surface area contributed by atoms with Gasteiger partial charge in [0.1, 0.15) is 6.33 Å². The Balaban J connectivity index is 1.34. The monoisotopic (exact) mass is 366 g/mol. The molecule has 1 amide bonds. The first-order valence-corrected chi connectivity index (χ1v) is 8.48. The van der Waals surface area contributed by atoms with Crippen molar-refractivity contribution in [3.8, 4) is 11.5 Å². The van der Waals surface area contributed by atoms with Crippen LogP contribution in [0.25, 0.3) is 0 Å². The number of rotatable bonds is 6.